The maximum absolute atomic E-state index is 6.62. The number of hydrogen-bond donors (Lipinski definition) is 0. The average molecular weight is 615 g/mol. The lowest BCUT2D eigenvalue weighted by Gasteiger charge is -2.09. The van der Waals surface area contributed by atoms with E-state index in [2.05, 4.69) is 95.6 Å². The molecular formula is C43H26N4O. The summed E-state index contributed by atoms with van der Waals surface area (Å²) in [6.07, 6.45) is 0. The summed E-state index contributed by atoms with van der Waals surface area (Å²) in [4.78, 5) is 14.8. The third kappa shape index (κ3) is 4.08. The van der Waals surface area contributed by atoms with Crippen molar-refractivity contribution in [3.8, 4) is 39.9 Å². The fraction of sp³-hybridized carbons (Fsp3) is 0. The molecule has 7 aromatic carbocycles. The first-order valence-corrected chi connectivity index (χ1v) is 16.0. The fourth-order valence-corrected chi connectivity index (χ4v) is 7.05. The molecule has 0 atom stereocenters. The van der Waals surface area contributed by atoms with E-state index >= 15 is 0 Å². The Morgan fingerprint density at radius 2 is 1.08 bits per heavy atom. The van der Waals surface area contributed by atoms with Gasteiger partial charge in [0.25, 0.3) is 0 Å². The third-order valence-electron chi connectivity index (χ3n) is 9.24. The number of aromatic nitrogens is 4. The molecule has 5 heteroatoms. The molecule has 0 unspecified atom stereocenters. The Kier molecular flexibility index (Phi) is 5.81. The van der Waals surface area contributed by atoms with E-state index in [9.17, 15) is 0 Å². The number of furan rings is 1. The van der Waals surface area contributed by atoms with E-state index in [4.69, 9.17) is 19.4 Å². The lowest BCUT2D eigenvalue weighted by Crippen LogP contribution is -2.00. The summed E-state index contributed by atoms with van der Waals surface area (Å²) in [6.45, 7) is 0. The van der Waals surface area contributed by atoms with E-state index < -0.39 is 0 Å². The van der Waals surface area contributed by atoms with Crippen molar-refractivity contribution in [3.63, 3.8) is 0 Å². The van der Waals surface area contributed by atoms with Gasteiger partial charge in [-0.25, -0.2) is 15.0 Å². The molecule has 3 aromatic heterocycles. The van der Waals surface area contributed by atoms with E-state index in [-0.39, 0.29) is 0 Å². The lowest BCUT2D eigenvalue weighted by atomic mass is 10.0. The van der Waals surface area contributed by atoms with Crippen molar-refractivity contribution in [1.82, 2.24) is 19.5 Å². The number of nitrogens with zero attached hydrogens (tertiary/aromatic N) is 4. The van der Waals surface area contributed by atoms with Crippen LogP contribution in [0.25, 0.3) is 94.4 Å². The fourth-order valence-electron chi connectivity index (χ4n) is 7.05. The summed E-state index contributed by atoms with van der Waals surface area (Å²) in [7, 11) is 0. The third-order valence-corrected chi connectivity index (χ3v) is 9.24. The Balaban J connectivity index is 1.19. The largest absolute Gasteiger partial charge is 0.455 e. The maximum Gasteiger partial charge on any atom is 0.167 e. The number of rotatable bonds is 4. The average Bonchev–Trinajstić information content (AvgIpc) is 3.71. The van der Waals surface area contributed by atoms with Gasteiger partial charge in [0.15, 0.2) is 17.5 Å². The van der Waals surface area contributed by atoms with Crippen LogP contribution in [0.4, 0.5) is 0 Å². The van der Waals surface area contributed by atoms with E-state index in [1.807, 2.05) is 66.7 Å². The molecule has 3 heterocycles. The Hall–Kier alpha value is -6.59. The molecule has 48 heavy (non-hydrogen) atoms. The predicted octanol–water partition coefficient (Wildman–Crippen LogP) is 11.0. The van der Waals surface area contributed by atoms with Gasteiger partial charge in [-0.15, -0.1) is 0 Å². The van der Waals surface area contributed by atoms with Crippen LogP contribution in [0.1, 0.15) is 0 Å². The molecule has 5 nitrogen and oxygen atoms in total. The highest BCUT2D eigenvalue weighted by atomic mass is 16.3. The zero-order valence-electron chi connectivity index (χ0n) is 25.7. The van der Waals surface area contributed by atoms with Gasteiger partial charge in [-0.1, -0.05) is 121 Å². The minimum atomic E-state index is 0.571. The van der Waals surface area contributed by atoms with E-state index in [1.165, 1.54) is 32.6 Å². The Morgan fingerprint density at radius 3 is 1.85 bits per heavy atom. The van der Waals surface area contributed by atoms with Gasteiger partial charge in [-0.05, 0) is 47.2 Å². The second kappa shape index (κ2) is 10.5. The molecule has 0 fully saturated rings. The summed E-state index contributed by atoms with van der Waals surface area (Å²) < 4.78 is 8.99. The van der Waals surface area contributed by atoms with E-state index in [0.717, 1.165) is 44.3 Å². The molecule has 0 saturated heterocycles. The quantitative estimate of drug-likeness (QED) is 0.198. The lowest BCUT2D eigenvalue weighted by molar-refractivity contribution is 0.669. The van der Waals surface area contributed by atoms with Gasteiger partial charge in [-0.3, -0.25) is 0 Å². The van der Waals surface area contributed by atoms with Crippen LogP contribution in [-0.2, 0) is 0 Å². The highest BCUT2D eigenvalue weighted by Gasteiger charge is 2.19. The van der Waals surface area contributed by atoms with Crippen LogP contribution in [0.15, 0.2) is 162 Å². The summed E-state index contributed by atoms with van der Waals surface area (Å²) in [5.41, 5.74) is 7.67. The molecule has 0 amide bonds. The highest BCUT2D eigenvalue weighted by molar-refractivity contribution is 6.21. The Bertz CT molecular complexity index is 2780. The molecule has 0 saturated carbocycles. The van der Waals surface area contributed by atoms with Gasteiger partial charge in [0.05, 0.1) is 16.6 Å². The molecule has 0 radical (unpaired) electrons. The minimum absolute atomic E-state index is 0.571. The van der Waals surface area contributed by atoms with Crippen LogP contribution in [0.5, 0.6) is 0 Å². The van der Waals surface area contributed by atoms with Crippen molar-refractivity contribution in [2.75, 3.05) is 0 Å². The van der Waals surface area contributed by atoms with Crippen LogP contribution in [0.2, 0.25) is 0 Å². The van der Waals surface area contributed by atoms with Gasteiger partial charge in [0, 0.05) is 38.4 Å². The monoisotopic (exact) mass is 614 g/mol. The van der Waals surface area contributed by atoms with Crippen LogP contribution in [-0.4, -0.2) is 19.5 Å². The van der Waals surface area contributed by atoms with E-state index in [1.54, 1.807) is 0 Å². The summed E-state index contributed by atoms with van der Waals surface area (Å²) in [5, 5.41) is 7.05. The molecule has 0 aliphatic carbocycles. The van der Waals surface area contributed by atoms with Crippen molar-refractivity contribution in [2.45, 2.75) is 0 Å². The van der Waals surface area contributed by atoms with Gasteiger partial charge >= 0.3 is 0 Å². The zero-order chi connectivity index (χ0) is 31.6. The summed E-state index contributed by atoms with van der Waals surface area (Å²) >= 11 is 0. The second-order valence-electron chi connectivity index (χ2n) is 12.0. The SMILES string of the molecule is c1ccc(-c2nc(-c3ccccc3)nc(-c3cccc4c3oc3ccc(-n5c6ccccc6c6c7ccccc7ccc65)cc34)n2)cc1. The minimum Gasteiger partial charge on any atom is -0.455 e. The molecule has 0 aliphatic heterocycles. The second-order valence-corrected chi connectivity index (χ2v) is 12.0. The van der Waals surface area contributed by atoms with Gasteiger partial charge in [0.1, 0.15) is 11.2 Å². The number of para-hydroxylation sites is 2. The van der Waals surface area contributed by atoms with Crippen molar-refractivity contribution in [2.24, 2.45) is 0 Å². The van der Waals surface area contributed by atoms with Crippen LogP contribution >= 0.6 is 0 Å². The summed E-state index contributed by atoms with van der Waals surface area (Å²) in [5.74, 6) is 1.81. The Morgan fingerprint density at radius 1 is 0.438 bits per heavy atom. The predicted molar refractivity (Wildman–Crippen MR) is 195 cm³/mol. The van der Waals surface area contributed by atoms with Crippen LogP contribution in [0, 0.1) is 0 Å². The van der Waals surface area contributed by atoms with Gasteiger partial charge in [-0.2, -0.15) is 0 Å². The number of fused-ring (bicyclic) bond motifs is 8. The molecule has 0 spiro atoms. The van der Waals surface area contributed by atoms with Crippen molar-refractivity contribution >= 4 is 54.5 Å². The van der Waals surface area contributed by atoms with Crippen molar-refractivity contribution in [1.29, 1.82) is 0 Å². The number of hydrogen-bond acceptors (Lipinski definition) is 4. The number of benzene rings is 7. The molecular weight excluding hydrogens is 589 g/mol. The van der Waals surface area contributed by atoms with E-state index in [0.29, 0.717) is 17.5 Å². The Labute approximate surface area is 275 Å². The smallest absolute Gasteiger partial charge is 0.167 e. The van der Waals surface area contributed by atoms with Gasteiger partial charge in [0.2, 0.25) is 0 Å². The normalized spacial score (nSPS) is 11.8. The molecule has 0 N–H and O–H groups in total. The highest BCUT2D eigenvalue weighted by Crippen LogP contribution is 2.40. The molecule has 0 aliphatic rings. The maximum atomic E-state index is 6.62. The molecule has 224 valence electrons. The zero-order valence-corrected chi connectivity index (χ0v) is 25.7. The van der Waals surface area contributed by atoms with Crippen LogP contribution < -0.4 is 0 Å². The topological polar surface area (TPSA) is 56.7 Å². The molecule has 10 aromatic rings. The molecule has 0 bridgehead atoms. The summed E-state index contributed by atoms with van der Waals surface area (Å²) in [6, 6.07) is 54.5. The first-order chi connectivity index (χ1) is 23.8. The van der Waals surface area contributed by atoms with Gasteiger partial charge < -0.3 is 8.98 Å². The van der Waals surface area contributed by atoms with Crippen LogP contribution in [0.3, 0.4) is 0 Å². The van der Waals surface area contributed by atoms with Crippen molar-refractivity contribution in [3.05, 3.63) is 158 Å². The first-order valence-electron chi connectivity index (χ1n) is 16.0. The first kappa shape index (κ1) is 26.6. The molecule has 10 rings (SSSR count). The van der Waals surface area contributed by atoms with Crippen molar-refractivity contribution < 1.29 is 4.42 Å². The standard InChI is InChI=1S/C43H26N4O/c1-3-13-28(14-4-1)41-44-42(29-15-5-2-6-16-29)46-43(45-41)34-20-11-19-32-35-26-30(23-25-38(35)48-40(32)34)47-36-21-10-9-18-33(36)39-31-17-8-7-12-27(31)22-24-37(39)47/h1-26H.